The van der Waals surface area contributed by atoms with Crippen LogP contribution in [0.4, 0.5) is 0 Å². The molecule has 1 fully saturated rings. The summed E-state index contributed by atoms with van der Waals surface area (Å²) in [6.07, 6.45) is 1.67. The number of epoxide rings is 1. The quantitative estimate of drug-likeness (QED) is 0.410. The van der Waals surface area contributed by atoms with Gasteiger partial charge in [0, 0.05) is 14.2 Å². The zero-order valence-corrected chi connectivity index (χ0v) is 11.1. The molecule has 0 bridgehead atoms. The Kier molecular flexibility index (Phi) is 4.79. The largest absolute Gasteiger partial charge is 0.467 e. The molecule has 2 atom stereocenters. The van der Waals surface area contributed by atoms with Gasteiger partial charge in [0.1, 0.15) is 23.7 Å². The Morgan fingerprint density at radius 3 is 2.16 bits per heavy atom. The highest BCUT2D eigenvalue weighted by molar-refractivity contribution is 5.49. The molecule has 2 rings (SSSR count). The Hall–Kier alpha value is -1.56. The molecule has 1 saturated heterocycles. The molecule has 0 spiro atoms. The lowest BCUT2D eigenvalue weighted by atomic mass is 10.1. The SMILES string of the molecule is C=CC1OC1c1c(OCOC)cccc1OCOC. The van der Waals surface area contributed by atoms with Crippen LogP contribution in [0.1, 0.15) is 11.7 Å². The zero-order chi connectivity index (χ0) is 13.7. The fourth-order valence-corrected chi connectivity index (χ4v) is 1.84. The van der Waals surface area contributed by atoms with E-state index in [2.05, 4.69) is 6.58 Å². The molecule has 104 valence electrons. The van der Waals surface area contributed by atoms with E-state index in [0.717, 1.165) is 5.56 Å². The van der Waals surface area contributed by atoms with Crippen LogP contribution in [0.25, 0.3) is 0 Å². The number of methoxy groups -OCH3 is 2. The van der Waals surface area contributed by atoms with Gasteiger partial charge in [0.2, 0.25) is 0 Å². The van der Waals surface area contributed by atoms with Crippen LogP contribution in [0.15, 0.2) is 30.9 Å². The smallest absolute Gasteiger partial charge is 0.188 e. The van der Waals surface area contributed by atoms with Gasteiger partial charge in [0.25, 0.3) is 0 Å². The second kappa shape index (κ2) is 6.56. The standard InChI is InChI=1S/C14H18O5/c1-4-10-14(19-10)13-11(17-8-15-2)6-5-7-12(13)18-9-16-3/h4-7,10,14H,1,8-9H2,2-3H3. The molecule has 19 heavy (non-hydrogen) atoms. The summed E-state index contributed by atoms with van der Waals surface area (Å²) in [6, 6.07) is 5.57. The first-order chi connectivity index (χ1) is 9.31. The molecule has 5 heteroatoms. The number of hydrogen-bond acceptors (Lipinski definition) is 5. The van der Waals surface area contributed by atoms with Crippen LogP contribution < -0.4 is 9.47 Å². The molecule has 0 aliphatic carbocycles. The molecule has 1 aromatic rings. The van der Waals surface area contributed by atoms with Crippen molar-refractivity contribution in [2.75, 3.05) is 27.8 Å². The van der Waals surface area contributed by atoms with Crippen molar-refractivity contribution >= 4 is 0 Å². The molecule has 1 heterocycles. The van der Waals surface area contributed by atoms with Gasteiger partial charge in [0.15, 0.2) is 13.6 Å². The van der Waals surface area contributed by atoms with Crippen LogP contribution in [0.3, 0.4) is 0 Å². The van der Waals surface area contributed by atoms with Gasteiger partial charge in [-0.2, -0.15) is 0 Å². The zero-order valence-electron chi connectivity index (χ0n) is 11.1. The maximum absolute atomic E-state index is 5.54. The molecule has 2 unspecified atom stereocenters. The molecule has 1 aliphatic heterocycles. The van der Waals surface area contributed by atoms with E-state index in [1.807, 2.05) is 18.2 Å². The minimum Gasteiger partial charge on any atom is -0.467 e. The van der Waals surface area contributed by atoms with Crippen LogP contribution in [0.2, 0.25) is 0 Å². The van der Waals surface area contributed by atoms with Crippen LogP contribution in [0, 0.1) is 0 Å². The summed E-state index contributed by atoms with van der Waals surface area (Å²) in [5.74, 6) is 1.37. The van der Waals surface area contributed by atoms with Crippen molar-refractivity contribution in [2.45, 2.75) is 12.2 Å². The van der Waals surface area contributed by atoms with Crippen LogP contribution in [-0.4, -0.2) is 33.9 Å². The Morgan fingerprint density at radius 2 is 1.74 bits per heavy atom. The first kappa shape index (κ1) is 13.9. The maximum atomic E-state index is 5.54. The summed E-state index contributed by atoms with van der Waals surface area (Å²) in [5, 5.41) is 0. The van der Waals surface area contributed by atoms with Crippen molar-refractivity contribution in [1.82, 2.24) is 0 Å². The number of ether oxygens (including phenoxy) is 5. The van der Waals surface area contributed by atoms with Crippen molar-refractivity contribution in [3.8, 4) is 11.5 Å². The Labute approximate surface area is 112 Å². The monoisotopic (exact) mass is 266 g/mol. The molecular formula is C14H18O5. The third kappa shape index (κ3) is 3.26. The van der Waals surface area contributed by atoms with Crippen LogP contribution in [-0.2, 0) is 14.2 Å². The first-order valence-electron chi connectivity index (χ1n) is 5.96. The maximum Gasteiger partial charge on any atom is 0.188 e. The van der Waals surface area contributed by atoms with Gasteiger partial charge in [-0.05, 0) is 12.1 Å². The molecular weight excluding hydrogens is 248 g/mol. The summed E-state index contributed by atoms with van der Waals surface area (Å²) in [5.41, 5.74) is 0.863. The number of hydrogen-bond donors (Lipinski definition) is 0. The highest BCUT2D eigenvalue weighted by Crippen LogP contribution is 2.47. The molecule has 1 aromatic carbocycles. The van der Waals surface area contributed by atoms with E-state index in [1.165, 1.54) is 0 Å². The van der Waals surface area contributed by atoms with E-state index >= 15 is 0 Å². The van der Waals surface area contributed by atoms with Gasteiger partial charge in [0.05, 0.1) is 5.56 Å². The highest BCUT2D eigenvalue weighted by Gasteiger charge is 2.41. The third-order valence-electron chi connectivity index (χ3n) is 2.73. The van der Waals surface area contributed by atoms with E-state index in [4.69, 9.17) is 23.7 Å². The summed E-state index contributed by atoms with van der Waals surface area (Å²) >= 11 is 0. The van der Waals surface area contributed by atoms with Gasteiger partial charge >= 0.3 is 0 Å². The fourth-order valence-electron chi connectivity index (χ4n) is 1.84. The first-order valence-corrected chi connectivity index (χ1v) is 5.96. The molecule has 0 N–H and O–H groups in total. The molecule has 5 nitrogen and oxygen atoms in total. The van der Waals surface area contributed by atoms with Gasteiger partial charge in [-0.1, -0.05) is 12.1 Å². The second-order valence-electron chi connectivity index (χ2n) is 4.03. The minimum atomic E-state index is -0.0857. The van der Waals surface area contributed by atoms with Crippen LogP contribution in [0.5, 0.6) is 11.5 Å². The van der Waals surface area contributed by atoms with E-state index in [1.54, 1.807) is 20.3 Å². The Bertz CT molecular complexity index is 406. The lowest BCUT2D eigenvalue weighted by molar-refractivity contribution is 0.0441. The van der Waals surface area contributed by atoms with Gasteiger partial charge < -0.3 is 23.7 Å². The van der Waals surface area contributed by atoms with Gasteiger partial charge in [-0.25, -0.2) is 0 Å². The summed E-state index contributed by atoms with van der Waals surface area (Å²) in [4.78, 5) is 0. The van der Waals surface area contributed by atoms with Gasteiger partial charge in [-0.3, -0.25) is 0 Å². The average molecular weight is 266 g/mol. The normalized spacial score (nSPS) is 20.9. The van der Waals surface area contributed by atoms with Crippen molar-refractivity contribution in [3.63, 3.8) is 0 Å². The molecule has 0 saturated carbocycles. The number of benzene rings is 1. The Morgan fingerprint density at radius 1 is 1.16 bits per heavy atom. The molecule has 0 radical (unpaired) electrons. The Balaban J connectivity index is 2.24. The third-order valence-corrected chi connectivity index (χ3v) is 2.73. The van der Waals surface area contributed by atoms with Gasteiger partial charge in [-0.15, -0.1) is 6.58 Å². The van der Waals surface area contributed by atoms with Crippen molar-refractivity contribution in [2.24, 2.45) is 0 Å². The lowest BCUT2D eigenvalue weighted by Crippen LogP contribution is -2.06. The lowest BCUT2D eigenvalue weighted by Gasteiger charge is -2.14. The van der Waals surface area contributed by atoms with E-state index < -0.39 is 0 Å². The molecule has 1 aliphatic rings. The molecule has 0 aromatic heterocycles. The minimum absolute atomic E-state index is 0.00260. The molecule has 0 amide bonds. The summed E-state index contributed by atoms with van der Waals surface area (Å²) in [7, 11) is 3.15. The fraction of sp³-hybridized carbons (Fsp3) is 0.429. The predicted molar refractivity (Wildman–Crippen MR) is 69.3 cm³/mol. The van der Waals surface area contributed by atoms with Crippen LogP contribution >= 0.6 is 0 Å². The van der Waals surface area contributed by atoms with E-state index in [-0.39, 0.29) is 25.8 Å². The van der Waals surface area contributed by atoms with Crippen molar-refractivity contribution < 1.29 is 23.7 Å². The predicted octanol–water partition coefficient (Wildman–Crippen LogP) is 2.28. The summed E-state index contributed by atoms with van der Waals surface area (Å²) in [6.45, 7) is 4.07. The average Bonchev–Trinajstić information content (AvgIpc) is 3.22. The van der Waals surface area contributed by atoms with Crippen molar-refractivity contribution in [1.29, 1.82) is 0 Å². The summed E-state index contributed by atoms with van der Waals surface area (Å²) < 4.78 is 26.5. The topological polar surface area (TPSA) is 49.5 Å². The highest BCUT2D eigenvalue weighted by atomic mass is 16.7. The van der Waals surface area contributed by atoms with E-state index in [9.17, 15) is 0 Å². The van der Waals surface area contributed by atoms with E-state index in [0.29, 0.717) is 11.5 Å². The van der Waals surface area contributed by atoms with Crippen molar-refractivity contribution in [3.05, 3.63) is 36.4 Å². The number of rotatable bonds is 8. The second-order valence-corrected chi connectivity index (χ2v) is 4.03.